The second-order valence-electron chi connectivity index (χ2n) is 3.48. The van der Waals surface area contributed by atoms with E-state index in [-0.39, 0.29) is 0 Å². The lowest BCUT2D eigenvalue weighted by Gasteiger charge is -2.04. The Bertz CT molecular complexity index is 352. The van der Waals surface area contributed by atoms with Gasteiger partial charge < -0.3 is 5.11 Å². The number of hydrogen-bond acceptors (Lipinski definition) is 2. The van der Waals surface area contributed by atoms with E-state index in [1.807, 2.05) is 12.1 Å². The zero-order valence-electron chi connectivity index (χ0n) is 8.81. The average Bonchev–Trinajstić information content (AvgIpc) is 2.18. The minimum absolute atomic E-state index is 0.526. The van der Waals surface area contributed by atoms with Crippen LogP contribution in [0.2, 0.25) is 0 Å². The lowest BCUT2D eigenvalue weighted by Crippen LogP contribution is -1.86. The summed E-state index contributed by atoms with van der Waals surface area (Å²) in [5, 5.41) is 9.98. The topological polar surface area (TPSA) is 37.3 Å². The standard InChI is InChI=1S/C12H14O2S/c1-9(2)10-3-5-11(6-4-10)15-8-7-12(13)14/h3-9H,1-2H3,(H,13,14). The quantitative estimate of drug-likeness (QED) is 0.625. The molecule has 80 valence electrons. The van der Waals surface area contributed by atoms with E-state index < -0.39 is 5.97 Å². The molecular weight excluding hydrogens is 208 g/mol. The van der Waals surface area contributed by atoms with Gasteiger partial charge in [-0.2, -0.15) is 0 Å². The van der Waals surface area contributed by atoms with Crippen LogP contribution < -0.4 is 0 Å². The van der Waals surface area contributed by atoms with Crippen LogP contribution in [-0.2, 0) is 4.79 Å². The molecule has 0 bridgehead atoms. The highest BCUT2D eigenvalue weighted by molar-refractivity contribution is 8.02. The molecule has 1 aromatic carbocycles. The molecule has 0 aliphatic rings. The number of thioether (sulfide) groups is 1. The van der Waals surface area contributed by atoms with Gasteiger partial charge in [0.05, 0.1) is 0 Å². The number of carbonyl (C=O) groups is 1. The van der Waals surface area contributed by atoms with Crippen molar-refractivity contribution in [2.75, 3.05) is 0 Å². The third-order valence-electron chi connectivity index (χ3n) is 1.96. The number of benzene rings is 1. The number of carboxylic acid groups (broad SMARTS) is 1. The van der Waals surface area contributed by atoms with Crippen LogP contribution in [0.5, 0.6) is 0 Å². The van der Waals surface area contributed by atoms with Gasteiger partial charge in [-0.25, -0.2) is 4.79 Å². The van der Waals surface area contributed by atoms with Gasteiger partial charge in [-0.3, -0.25) is 0 Å². The summed E-state index contributed by atoms with van der Waals surface area (Å²) in [5.74, 6) is -0.389. The summed E-state index contributed by atoms with van der Waals surface area (Å²) in [6.07, 6.45) is 1.14. The van der Waals surface area contributed by atoms with Crippen LogP contribution >= 0.6 is 11.8 Å². The Morgan fingerprint density at radius 1 is 1.33 bits per heavy atom. The van der Waals surface area contributed by atoms with E-state index in [0.29, 0.717) is 5.92 Å². The predicted molar refractivity (Wildman–Crippen MR) is 63.2 cm³/mol. The fourth-order valence-electron chi connectivity index (χ4n) is 1.10. The van der Waals surface area contributed by atoms with Crippen LogP contribution in [0.1, 0.15) is 25.3 Å². The monoisotopic (exact) mass is 222 g/mol. The highest BCUT2D eigenvalue weighted by atomic mass is 32.2. The maximum atomic E-state index is 10.2. The van der Waals surface area contributed by atoms with E-state index in [0.717, 1.165) is 11.0 Å². The Hall–Kier alpha value is -1.22. The summed E-state index contributed by atoms with van der Waals surface area (Å²) in [7, 11) is 0. The van der Waals surface area contributed by atoms with E-state index in [9.17, 15) is 4.79 Å². The first kappa shape index (κ1) is 11.9. The van der Waals surface area contributed by atoms with Crippen molar-refractivity contribution < 1.29 is 9.90 Å². The molecule has 0 aromatic heterocycles. The maximum Gasteiger partial charge on any atom is 0.328 e. The van der Waals surface area contributed by atoms with Crippen LogP contribution in [-0.4, -0.2) is 11.1 Å². The third kappa shape index (κ3) is 4.21. The first-order valence-electron chi connectivity index (χ1n) is 4.75. The molecule has 0 amide bonds. The highest BCUT2D eigenvalue weighted by Gasteiger charge is 1.98. The van der Waals surface area contributed by atoms with Crippen molar-refractivity contribution in [2.24, 2.45) is 0 Å². The molecule has 15 heavy (non-hydrogen) atoms. The summed E-state index contributed by atoms with van der Waals surface area (Å²) in [5.41, 5.74) is 1.29. The van der Waals surface area contributed by atoms with Gasteiger partial charge in [-0.05, 0) is 29.0 Å². The minimum Gasteiger partial charge on any atom is -0.478 e. The van der Waals surface area contributed by atoms with Crippen molar-refractivity contribution in [3.8, 4) is 0 Å². The van der Waals surface area contributed by atoms with Gasteiger partial charge in [-0.15, -0.1) is 0 Å². The molecule has 0 aliphatic heterocycles. The molecule has 1 aromatic rings. The molecule has 0 fully saturated rings. The van der Waals surface area contributed by atoms with Crippen molar-refractivity contribution in [3.05, 3.63) is 41.3 Å². The van der Waals surface area contributed by atoms with Crippen molar-refractivity contribution >= 4 is 17.7 Å². The average molecular weight is 222 g/mol. The van der Waals surface area contributed by atoms with Crippen LogP contribution in [0.4, 0.5) is 0 Å². The van der Waals surface area contributed by atoms with Gasteiger partial charge in [0.1, 0.15) is 0 Å². The van der Waals surface area contributed by atoms with E-state index >= 15 is 0 Å². The van der Waals surface area contributed by atoms with E-state index in [1.165, 1.54) is 17.3 Å². The second-order valence-corrected chi connectivity index (χ2v) is 4.46. The molecule has 0 atom stereocenters. The zero-order valence-corrected chi connectivity index (χ0v) is 9.62. The third-order valence-corrected chi connectivity index (χ3v) is 2.78. The van der Waals surface area contributed by atoms with E-state index in [4.69, 9.17) is 5.11 Å². The molecule has 0 unspecified atom stereocenters. The molecule has 0 heterocycles. The summed E-state index contributed by atoms with van der Waals surface area (Å²) >= 11 is 1.41. The van der Waals surface area contributed by atoms with Gasteiger partial charge in [-0.1, -0.05) is 37.7 Å². The van der Waals surface area contributed by atoms with Crippen LogP contribution in [0.15, 0.2) is 40.6 Å². The van der Waals surface area contributed by atoms with E-state index in [2.05, 4.69) is 26.0 Å². The van der Waals surface area contributed by atoms with Gasteiger partial charge in [0.2, 0.25) is 0 Å². The number of hydrogen-bond donors (Lipinski definition) is 1. The molecule has 0 spiro atoms. The van der Waals surface area contributed by atoms with Gasteiger partial charge in [0.15, 0.2) is 0 Å². The van der Waals surface area contributed by atoms with Crippen molar-refractivity contribution in [2.45, 2.75) is 24.7 Å². The molecule has 0 saturated heterocycles. The SMILES string of the molecule is CC(C)c1ccc(SC=CC(=O)O)cc1. The zero-order chi connectivity index (χ0) is 11.3. The van der Waals surface area contributed by atoms with Crippen LogP contribution in [0, 0.1) is 0 Å². The predicted octanol–water partition coefficient (Wildman–Crippen LogP) is 3.50. The maximum absolute atomic E-state index is 10.2. The number of aliphatic carboxylic acids is 1. The van der Waals surface area contributed by atoms with Crippen molar-refractivity contribution in [3.63, 3.8) is 0 Å². The second kappa shape index (κ2) is 5.61. The van der Waals surface area contributed by atoms with Gasteiger partial charge >= 0.3 is 5.97 Å². The largest absolute Gasteiger partial charge is 0.478 e. The minimum atomic E-state index is -0.915. The fourth-order valence-corrected chi connectivity index (χ4v) is 1.74. The van der Waals surface area contributed by atoms with Gasteiger partial charge in [0, 0.05) is 11.0 Å². The van der Waals surface area contributed by atoms with Crippen molar-refractivity contribution in [1.29, 1.82) is 0 Å². The fraction of sp³-hybridized carbons (Fsp3) is 0.250. The Balaban J connectivity index is 2.61. The highest BCUT2D eigenvalue weighted by Crippen LogP contribution is 2.22. The summed E-state index contributed by atoms with van der Waals surface area (Å²) in [6.45, 7) is 4.29. The smallest absolute Gasteiger partial charge is 0.328 e. The van der Waals surface area contributed by atoms with Crippen molar-refractivity contribution in [1.82, 2.24) is 0 Å². The molecule has 1 rings (SSSR count). The van der Waals surface area contributed by atoms with Crippen LogP contribution in [0.25, 0.3) is 0 Å². The normalized spacial score (nSPS) is 11.1. The first-order valence-corrected chi connectivity index (χ1v) is 5.63. The molecule has 0 saturated carbocycles. The number of rotatable bonds is 4. The Morgan fingerprint density at radius 2 is 1.93 bits per heavy atom. The first-order chi connectivity index (χ1) is 7.09. The molecule has 0 radical (unpaired) electrons. The Kier molecular flexibility index (Phi) is 4.43. The Labute approximate surface area is 94.0 Å². The molecule has 3 heteroatoms. The summed E-state index contributed by atoms with van der Waals surface area (Å²) < 4.78 is 0. The molecular formula is C12H14O2S. The molecule has 2 nitrogen and oxygen atoms in total. The molecule has 1 N–H and O–H groups in total. The van der Waals surface area contributed by atoms with Gasteiger partial charge in [0.25, 0.3) is 0 Å². The van der Waals surface area contributed by atoms with E-state index in [1.54, 1.807) is 5.41 Å². The van der Waals surface area contributed by atoms with Crippen LogP contribution in [0.3, 0.4) is 0 Å². The Morgan fingerprint density at radius 3 is 2.40 bits per heavy atom. The molecule has 0 aliphatic carbocycles. The lowest BCUT2D eigenvalue weighted by atomic mass is 10.0. The summed E-state index contributed by atoms with van der Waals surface area (Å²) in [4.78, 5) is 11.3. The summed E-state index contributed by atoms with van der Waals surface area (Å²) in [6, 6.07) is 8.15. The lowest BCUT2D eigenvalue weighted by molar-refractivity contribution is -0.131. The number of carboxylic acids is 1.